The zero-order chi connectivity index (χ0) is 14.7. The maximum Gasteiger partial charge on any atom is 0.290 e. The van der Waals surface area contributed by atoms with E-state index in [-0.39, 0.29) is 11.9 Å². The third-order valence-corrected chi connectivity index (χ3v) is 4.03. The first-order chi connectivity index (χ1) is 10.2. The molecule has 0 bridgehead atoms. The second-order valence-electron chi connectivity index (χ2n) is 5.52. The molecule has 0 radical (unpaired) electrons. The lowest BCUT2D eigenvalue weighted by Gasteiger charge is -2.36. The van der Waals surface area contributed by atoms with Crippen LogP contribution < -0.4 is 0 Å². The fourth-order valence-corrected chi connectivity index (χ4v) is 2.79. The largest absolute Gasteiger partial charge is 0.467 e. The van der Waals surface area contributed by atoms with E-state index in [1.807, 2.05) is 17.0 Å². The molecule has 5 nitrogen and oxygen atoms in total. The molecule has 112 valence electrons. The summed E-state index contributed by atoms with van der Waals surface area (Å²) in [6.07, 6.45) is 5.12. The first-order valence-corrected chi connectivity index (χ1v) is 7.29. The number of carbonyl (C=O) groups excluding carboxylic acids is 1. The van der Waals surface area contributed by atoms with Crippen LogP contribution in [0.25, 0.3) is 0 Å². The second-order valence-corrected chi connectivity index (χ2v) is 5.52. The van der Waals surface area contributed by atoms with E-state index < -0.39 is 0 Å². The van der Waals surface area contributed by atoms with Gasteiger partial charge in [0.1, 0.15) is 5.76 Å². The summed E-state index contributed by atoms with van der Waals surface area (Å²) in [6, 6.07) is 7.43. The summed E-state index contributed by atoms with van der Waals surface area (Å²) >= 11 is 0. The molecule has 0 unspecified atom stereocenters. The summed E-state index contributed by atoms with van der Waals surface area (Å²) in [5, 5.41) is 0. The molecule has 0 spiro atoms. The molecule has 0 N–H and O–H groups in total. The summed E-state index contributed by atoms with van der Waals surface area (Å²) < 4.78 is 10.7. The van der Waals surface area contributed by atoms with Crippen LogP contribution in [0.1, 0.15) is 29.2 Å². The van der Waals surface area contributed by atoms with Crippen LogP contribution in [0.4, 0.5) is 0 Å². The normalized spacial score (nSPS) is 17.0. The number of nitrogens with zero attached hydrogens (tertiary/aromatic N) is 2. The van der Waals surface area contributed by atoms with Gasteiger partial charge < -0.3 is 18.6 Å². The lowest BCUT2D eigenvalue weighted by atomic mass is 10.0. The molecule has 2 aromatic heterocycles. The monoisotopic (exact) mass is 288 g/mol. The van der Waals surface area contributed by atoms with Gasteiger partial charge in [0, 0.05) is 6.04 Å². The summed E-state index contributed by atoms with van der Waals surface area (Å²) in [5.41, 5.74) is 0. The zero-order valence-electron chi connectivity index (χ0n) is 12.2. The number of carbonyl (C=O) groups is 1. The predicted octanol–water partition coefficient (Wildman–Crippen LogP) is 2.61. The van der Waals surface area contributed by atoms with Gasteiger partial charge >= 0.3 is 0 Å². The SMILES string of the molecule is CN1CCC(N(Cc2ccco2)C(=O)c2ccco2)CC1. The van der Waals surface area contributed by atoms with Crippen LogP contribution in [0.3, 0.4) is 0 Å². The van der Waals surface area contributed by atoms with Crippen molar-refractivity contribution in [2.45, 2.75) is 25.4 Å². The number of hydrogen-bond donors (Lipinski definition) is 0. The fourth-order valence-electron chi connectivity index (χ4n) is 2.79. The average molecular weight is 288 g/mol. The smallest absolute Gasteiger partial charge is 0.290 e. The van der Waals surface area contributed by atoms with Gasteiger partial charge in [0.05, 0.1) is 19.1 Å². The van der Waals surface area contributed by atoms with Crippen molar-refractivity contribution < 1.29 is 13.6 Å². The highest BCUT2D eigenvalue weighted by Crippen LogP contribution is 2.21. The Morgan fingerprint density at radius 2 is 1.95 bits per heavy atom. The summed E-state index contributed by atoms with van der Waals surface area (Å²) in [7, 11) is 2.11. The van der Waals surface area contributed by atoms with Gasteiger partial charge in [0.2, 0.25) is 0 Å². The van der Waals surface area contributed by atoms with Crippen molar-refractivity contribution in [1.82, 2.24) is 9.80 Å². The van der Waals surface area contributed by atoms with Gasteiger partial charge in [-0.2, -0.15) is 0 Å². The molecule has 3 heterocycles. The second kappa shape index (κ2) is 6.18. The van der Waals surface area contributed by atoms with E-state index in [9.17, 15) is 4.79 Å². The summed E-state index contributed by atoms with van der Waals surface area (Å²) in [6.45, 7) is 2.50. The molecule has 1 amide bonds. The molecule has 1 aliphatic heterocycles. The predicted molar refractivity (Wildman–Crippen MR) is 77.8 cm³/mol. The number of furan rings is 2. The van der Waals surface area contributed by atoms with Crippen molar-refractivity contribution in [3.8, 4) is 0 Å². The molecule has 1 aliphatic rings. The maximum atomic E-state index is 12.7. The molecule has 21 heavy (non-hydrogen) atoms. The van der Waals surface area contributed by atoms with Crippen molar-refractivity contribution in [3.05, 3.63) is 48.3 Å². The third-order valence-electron chi connectivity index (χ3n) is 4.03. The van der Waals surface area contributed by atoms with Crippen molar-refractivity contribution in [2.24, 2.45) is 0 Å². The van der Waals surface area contributed by atoms with Gasteiger partial charge in [0.15, 0.2) is 5.76 Å². The molecule has 0 aliphatic carbocycles. The third kappa shape index (κ3) is 3.19. The van der Waals surface area contributed by atoms with Crippen LogP contribution in [-0.2, 0) is 6.54 Å². The molecule has 0 aromatic carbocycles. The lowest BCUT2D eigenvalue weighted by Crippen LogP contribution is -2.46. The van der Waals surface area contributed by atoms with E-state index in [2.05, 4.69) is 11.9 Å². The van der Waals surface area contributed by atoms with E-state index in [0.717, 1.165) is 31.7 Å². The van der Waals surface area contributed by atoms with E-state index in [0.29, 0.717) is 12.3 Å². The Hall–Kier alpha value is -2.01. The van der Waals surface area contributed by atoms with Crippen LogP contribution in [0, 0.1) is 0 Å². The Kier molecular flexibility index (Phi) is 4.10. The van der Waals surface area contributed by atoms with Crippen molar-refractivity contribution in [1.29, 1.82) is 0 Å². The Balaban J connectivity index is 1.78. The molecule has 1 saturated heterocycles. The van der Waals surface area contributed by atoms with Crippen LogP contribution >= 0.6 is 0 Å². The number of piperidine rings is 1. The molecule has 2 aromatic rings. The standard InChI is InChI=1S/C16H20N2O3/c1-17-8-6-13(7-9-17)18(12-14-4-2-10-20-14)16(19)15-5-3-11-21-15/h2-5,10-11,13H,6-9,12H2,1H3. The average Bonchev–Trinajstić information content (AvgIpc) is 3.18. The Morgan fingerprint density at radius 1 is 1.24 bits per heavy atom. The first-order valence-electron chi connectivity index (χ1n) is 7.29. The van der Waals surface area contributed by atoms with Crippen LogP contribution in [0.15, 0.2) is 45.6 Å². The summed E-state index contributed by atoms with van der Waals surface area (Å²) in [5.74, 6) is 1.13. The number of amides is 1. The zero-order valence-corrected chi connectivity index (χ0v) is 12.2. The topological polar surface area (TPSA) is 49.8 Å². The van der Waals surface area contributed by atoms with Gasteiger partial charge in [0.25, 0.3) is 5.91 Å². The Morgan fingerprint density at radius 3 is 2.57 bits per heavy atom. The van der Waals surface area contributed by atoms with Gasteiger partial charge in [-0.3, -0.25) is 4.79 Å². The quantitative estimate of drug-likeness (QED) is 0.867. The highest BCUT2D eigenvalue weighted by molar-refractivity contribution is 5.91. The minimum atomic E-state index is -0.0639. The van der Waals surface area contributed by atoms with Crippen molar-refractivity contribution in [2.75, 3.05) is 20.1 Å². The van der Waals surface area contributed by atoms with E-state index in [4.69, 9.17) is 8.83 Å². The molecular formula is C16H20N2O3. The van der Waals surface area contributed by atoms with Crippen LogP contribution in [0.2, 0.25) is 0 Å². The number of likely N-dealkylation sites (tertiary alicyclic amines) is 1. The minimum Gasteiger partial charge on any atom is -0.467 e. The highest BCUT2D eigenvalue weighted by atomic mass is 16.3. The molecular weight excluding hydrogens is 268 g/mol. The fraction of sp³-hybridized carbons (Fsp3) is 0.438. The van der Waals surface area contributed by atoms with Crippen LogP contribution in [0.5, 0.6) is 0 Å². The lowest BCUT2D eigenvalue weighted by molar-refractivity contribution is 0.0519. The highest BCUT2D eigenvalue weighted by Gasteiger charge is 2.29. The van der Waals surface area contributed by atoms with Crippen molar-refractivity contribution in [3.63, 3.8) is 0 Å². The van der Waals surface area contributed by atoms with E-state index in [1.165, 1.54) is 6.26 Å². The van der Waals surface area contributed by atoms with Gasteiger partial charge in [-0.1, -0.05) is 0 Å². The molecule has 5 heteroatoms. The Bertz CT molecular complexity index is 554. The van der Waals surface area contributed by atoms with Gasteiger partial charge in [-0.15, -0.1) is 0 Å². The minimum absolute atomic E-state index is 0.0639. The first kappa shape index (κ1) is 13.9. The Labute approximate surface area is 124 Å². The van der Waals surface area contributed by atoms with Crippen LogP contribution in [-0.4, -0.2) is 41.9 Å². The molecule has 1 fully saturated rings. The molecule has 0 atom stereocenters. The van der Waals surface area contributed by atoms with E-state index in [1.54, 1.807) is 18.4 Å². The molecule has 3 rings (SSSR count). The van der Waals surface area contributed by atoms with Crippen molar-refractivity contribution >= 4 is 5.91 Å². The number of rotatable bonds is 4. The van der Waals surface area contributed by atoms with Gasteiger partial charge in [-0.05, 0) is 57.2 Å². The molecule has 0 saturated carbocycles. The van der Waals surface area contributed by atoms with Gasteiger partial charge in [-0.25, -0.2) is 0 Å². The maximum absolute atomic E-state index is 12.7. The van der Waals surface area contributed by atoms with E-state index >= 15 is 0 Å². The number of hydrogen-bond acceptors (Lipinski definition) is 4. The summed E-state index contributed by atoms with van der Waals surface area (Å²) in [4.78, 5) is 16.9.